The van der Waals surface area contributed by atoms with Gasteiger partial charge in [0, 0.05) is 27.1 Å². The van der Waals surface area contributed by atoms with Crippen molar-refractivity contribution in [3.8, 4) is 5.00 Å². The molecule has 0 radical (unpaired) electrons. The van der Waals surface area contributed by atoms with E-state index in [1.54, 1.807) is 11.3 Å². The van der Waals surface area contributed by atoms with Gasteiger partial charge in [0.2, 0.25) is 5.91 Å². The summed E-state index contributed by atoms with van der Waals surface area (Å²) in [5.74, 6) is 0.628. The molecule has 0 unspecified atom stereocenters. The molecule has 0 saturated heterocycles. The maximum Gasteiger partial charge on any atom is 0.243 e. The second kappa shape index (κ2) is 6.44. The zero-order valence-corrected chi connectivity index (χ0v) is 16.5. The third-order valence-electron chi connectivity index (χ3n) is 4.49. The molecule has 1 amide bonds. The lowest BCUT2D eigenvalue weighted by Crippen LogP contribution is -2.08. The Hall–Kier alpha value is -2.77. The minimum absolute atomic E-state index is 0.383. The van der Waals surface area contributed by atoms with E-state index in [-0.39, 0.29) is 0 Å². The van der Waals surface area contributed by atoms with Gasteiger partial charge in [0.25, 0.3) is 0 Å². The van der Waals surface area contributed by atoms with E-state index in [4.69, 9.17) is 22.3 Å². The normalized spacial score (nSPS) is 14.5. The van der Waals surface area contributed by atoms with Gasteiger partial charge in [-0.3, -0.25) is 9.36 Å². The number of hydrogen-bond donors (Lipinski definition) is 1. The number of thiophene rings is 1. The number of primary amides is 1. The van der Waals surface area contributed by atoms with Crippen molar-refractivity contribution in [1.29, 1.82) is 0 Å². The highest BCUT2D eigenvalue weighted by Gasteiger charge is 2.28. The Bertz CT molecular complexity index is 1140. The van der Waals surface area contributed by atoms with Crippen LogP contribution in [-0.4, -0.2) is 26.4 Å². The van der Waals surface area contributed by atoms with Crippen LogP contribution in [0.2, 0.25) is 5.02 Å². The van der Waals surface area contributed by atoms with Gasteiger partial charge in [0.15, 0.2) is 5.82 Å². The van der Waals surface area contributed by atoms with E-state index < -0.39 is 5.91 Å². The number of carbonyl (C=O) groups excluding carboxylic acids is 1. The average molecular weight is 398 g/mol. The summed E-state index contributed by atoms with van der Waals surface area (Å²) < 4.78 is 1.93. The van der Waals surface area contributed by atoms with Crippen LogP contribution >= 0.6 is 22.9 Å². The number of aliphatic imine (C=N–C) groups is 1. The quantitative estimate of drug-likeness (QED) is 0.670. The van der Waals surface area contributed by atoms with Crippen molar-refractivity contribution < 1.29 is 4.79 Å². The number of nitrogens with two attached hydrogens (primary N) is 1. The lowest BCUT2D eigenvalue weighted by molar-refractivity contribution is -0.113. The van der Waals surface area contributed by atoms with Gasteiger partial charge >= 0.3 is 0 Å². The van der Waals surface area contributed by atoms with Crippen LogP contribution in [0.5, 0.6) is 0 Å². The highest BCUT2D eigenvalue weighted by atomic mass is 35.5. The van der Waals surface area contributed by atoms with E-state index in [9.17, 15) is 4.79 Å². The molecule has 8 heteroatoms. The minimum atomic E-state index is -0.588. The van der Waals surface area contributed by atoms with E-state index in [1.807, 2.05) is 35.8 Å². The maximum absolute atomic E-state index is 11.6. The SMILES string of the molecule is Cc1sc2c(c1C)C(c1ccc(Cl)cc1)=N/C(=C\C(N)=O)c1nnc(C)n1-2. The Morgan fingerprint density at radius 3 is 2.56 bits per heavy atom. The van der Waals surface area contributed by atoms with E-state index in [1.165, 1.54) is 11.0 Å². The fourth-order valence-electron chi connectivity index (χ4n) is 3.09. The van der Waals surface area contributed by atoms with E-state index in [0.29, 0.717) is 16.5 Å². The van der Waals surface area contributed by atoms with Gasteiger partial charge in [-0.15, -0.1) is 21.5 Å². The molecule has 0 aliphatic carbocycles. The van der Waals surface area contributed by atoms with Crippen molar-refractivity contribution in [3.05, 3.63) is 68.6 Å². The Morgan fingerprint density at radius 1 is 1.19 bits per heavy atom. The summed E-state index contributed by atoms with van der Waals surface area (Å²) in [6, 6.07) is 7.47. The Kier molecular flexibility index (Phi) is 4.20. The number of rotatable bonds is 2. The van der Waals surface area contributed by atoms with Crippen LogP contribution in [0.15, 0.2) is 35.3 Å². The summed E-state index contributed by atoms with van der Waals surface area (Å²) in [5, 5.41) is 10.1. The molecule has 4 rings (SSSR count). The number of aryl methyl sites for hydroxylation is 2. The molecule has 1 aromatic carbocycles. The largest absolute Gasteiger partial charge is 0.366 e. The van der Waals surface area contributed by atoms with Gasteiger partial charge in [-0.2, -0.15) is 0 Å². The van der Waals surface area contributed by atoms with Gasteiger partial charge in [0.05, 0.1) is 5.71 Å². The molecule has 2 N–H and O–H groups in total. The highest BCUT2D eigenvalue weighted by molar-refractivity contribution is 7.15. The molecule has 136 valence electrons. The third kappa shape index (κ3) is 2.89. The van der Waals surface area contributed by atoms with Crippen LogP contribution < -0.4 is 5.73 Å². The van der Waals surface area contributed by atoms with Crippen LogP contribution in [0.4, 0.5) is 0 Å². The molecule has 27 heavy (non-hydrogen) atoms. The molecule has 3 aromatic rings. The first-order chi connectivity index (χ1) is 12.9. The second-order valence-corrected chi connectivity index (χ2v) is 7.91. The molecule has 1 aliphatic rings. The first-order valence-electron chi connectivity index (χ1n) is 8.25. The van der Waals surface area contributed by atoms with E-state index >= 15 is 0 Å². The first-order valence-corrected chi connectivity index (χ1v) is 9.45. The molecule has 0 fully saturated rings. The third-order valence-corrected chi connectivity index (χ3v) is 5.93. The molecule has 1 aliphatic heterocycles. The summed E-state index contributed by atoms with van der Waals surface area (Å²) in [4.78, 5) is 17.6. The van der Waals surface area contributed by atoms with Gasteiger partial charge in [-0.1, -0.05) is 23.7 Å². The molecule has 2 aromatic heterocycles. The zero-order chi connectivity index (χ0) is 19.3. The lowest BCUT2D eigenvalue weighted by atomic mass is 10.00. The monoisotopic (exact) mass is 397 g/mol. The highest BCUT2D eigenvalue weighted by Crippen LogP contribution is 2.38. The molecule has 0 saturated carbocycles. The Balaban J connectivity index is 2.10. The summed E-state index contributed by atoms with van der Waals surface area (Å²) in [6.45, 7) is 6.02. The van der Waals surface area contributed by atoms with Gasteiger partial charge in [-0.25, -0.2) is 4.99 Å². The van der Waals surface area contributed by atoms with E-state index in [2.05, 4.69) is 24.0 Å². The minimum Gasteiger partial charge on any atom is -0.366 e. The van der Waals surface area contributed by atoms with Crippen molar-refractivity contribution >= 4 is 40.3 Å². The van der Waals surface area contributed by atoms with Crippen LogP contribution in [0.25, 0.3) is 10.7 Å². The van der Waals surface area contributed by atoms with Gasteiger partial charge < -0.3 is 5.73 Å². The smallest absolute Gasteiger partial charge is 0.243 e. The number of fused-ring (bicyclic) bond motifs is 3. The molecule has 0 atom stereocenters. The second-order valence-electron chi connectivity index (χ2n) is 6.27. The van der Waals surface area contributed by atoms with Crippen molar-refractivity contribution in [2.24, 2.45) is 10.7 Å². The summed E-state index contributed by atoms with van der Waals surface area (Å²) in [5.41, 5.74) is 9.57. The standard InChI is InChI=1S/C19H16ClN5OS/c1-9-10(2)27-19-16(9)17(12-4-6-13(20)7-5-12)22-14(8-15(21)26)18-24-23-11(3)25(18)19/h4-8H,1-3H3,(H2,21,26)/b14-8-. The fraction of sp³-hybridized carbons (Fsp3) is 0.158. The molecular weight excluding hydrogens is 382 g/mol. The summed E-state index contributed by atoms with van der Waals surface area (Å²) >= 11 is 7.71. The maximum atomic E-state index is 11.6. The number of carbonyl (C=O) groups is 1. The van der Waals surface area contributed by atoms with E-state index in [0.717, 1.165) is 33.2 Å². The molecule has 0 bridgehead atoms. The van der Waals surface area contributed by atoms with Crippen LogP contribution in [-0.2, 0) is 4.79 Å². The van der Waals surface area contributed by atoms with Crippen molar-refractivity contribution in [3.63, 3.8) is 0 Å². The number of hydrogen-bond acceptors (Lipinski definition) is 5. The molecular formula is C19H16ClN5OS. The van der Waals surface area contributed by atoms with Crippen LogP contribution in [0.1, 0.15) is 33.2 Å². The number of halogens is 1. The Morgan fingerprint density at radius 2 is 1.89 bits per heavy atom. The number of aromatic nitrogens is 3. The lowest BCUT2D eigenvalue weighted by Gasteiger charge is -2.09. The number of amides is 1. The number of nitrogens with zero attached hydrogens (tertiary/aromatic N) is 4. The predicted molar refractivity (Wildman–Crippen MR) is 108 cm³/mol. The average Bonchev–Trinajstić information content (AvgIpc) is 3.08. The predicted octanol–water partition coefficient (Wildman–Crippen LogP) is 3.58. The van der Waals surface area contributed by atoms with Crippen LogP contribution in [0.3, 0.4) is 0 Å². The van der Waals surface area contributed by atoms with Crippen LogP contribution in [0, 0.1) is 20.8 Å². The molecule has 3 heterocycles. The fourth-order valence-corrected chi connectivity index (χ4v) is 4.42. The number of benzene rings is 1. The summed E-state index contributed by atoms with van der Waals surface area (Å²) in [6.07, 6.45) is 1.29. The topological polar surface area (TPSA) is 86.2 Å². The van der Waals surface area contributed by atoms with Gasteiger partial charge in [-0.05, 0) is 38.5 Å². The van der Waals surface area contributed by atoms with Gasteiger partial charge in [0.1, 0.15) is 16.5 Å². The molecule has 0 spiro atoms. The van der Waals surface area contributed by atoms with Crippen molar-refractivity contribution in [2.45, 2.75) is 20.8 Å². The first kappa shape index (κ1) is 17.6. The Labute approximate surface area is 165 Å². The zero-order valence-electron chi connectivity index (χ0n) is 14.9. The molecule has 6 nitrogen and oxygen atoms in total. The van der Waals surface area contributed by atoms with Crippen molar-refractivity contribution in [2.75, 3.05) is 0 Å². The summed E-state index contributed by atoms with van der Waals surface area (Å²) in [7, 11) is 0. The van der Waals surface area contributed by atoms with Crippen molar-refractivity contribution in [1.82, 2.24) is 14.8 Å².